The van der Waals surface area contributed by atoms with Gasteiger partial charge in [0, 0.05) is 23.7 Å². The number of hydrogen-bond donors (Lipinski definition) is 1. The number of benzene rings is 3. The summed E-state index contributed by atoms with van der Waals surface area (Å²) in [6, 6.07) is 17.2. The zero-order chi connectivity index (χ0) is 24.9. The zero-order valence-corrected chi connectivity index (χ0v) is 18.9. The number of nitroso groups, excluding NO2 is 1. The third-order valence-corrected chi connectivity index (χ3v) is 5.17. The molecular weight excluding hydrogens is 476 g/mol. The SMILES string of the molecule is COc1cc2nccc(Oc3ccc(N(N=O)C(=O)Oc4ccccc4)c(Cl)c3)c2cc1C(N)=O. The highest BCUT2D eigenvalue weighted by atomic mass is 35.5. The number of ether oxygens (including phenoxy) is 3. The molecule has 11 heteroatoms. The number of rotatable bonds is 7. The first-order chi connectivity index (χ1) is 16.9. The molecule has 0 aliphatic rings. The van der Waals surface area contributed by atoms with E-state index in [0.717, 1.165) is 0 Å². The van der Waals surface area contributed by atoms with Crippen LogP contribution in [-0.2, 0) is 0 Å². The van der Waals surface area contributed by atoms with Gasteiger partial charge in [-0.2, -0.15) is 0 Å². The number of para-hydroxylation sites is 1. The molecule has 4 rings (SSSR count). The molecule has 1 heterocycles. The number of carbonyl (C=O) groups is 2. The predicted molar refractivity (Wildman–Crippen MR) is 129 cm³/mol. The van der Waals surface area contributed by atoms with Crippen LogP contribution in [0, 0.1) is 4.91 Å². The molecule has 2 N–H and O–H groups in total. The Balaban J connectivity index is 1.62. The molecule has 10 nitrogen and oxygen atoms in total. The molecule has 0 radical (unpaired) electrons. The van der Waals surface area contributed by atoms with Crippen molar-refractivity contribution in [2.45, 2.75) is 0 Å². The van der Waals surface area contributed by atoms with Gasteiger partial charge in [0.05, 0.1) is 34.2 Å². The van der Waals surface area contributed by atoms with E-state index in [4.69, 9.17) is 31.5 Å². The summed E-state index contributed by atoms with van der Waals surface area (Å²) in [5.74, 6) is 0.488. The van der Waals surface area contributed by atoms with E-state index in [-0.39, 0.29) is 33.5 Å². The molecule has 4 aromatic rings. The predicted octanol–water partition coefficient (Wildman–Crippen LogP) is 5.47. The van der Waals surface area contributed by atoms with Crippen molar-refractivity contribution in [3.8, 4) is 23.0 Å². The van der Waals surface area contributed by atoms with Gasteiger partial charge < -0.3 is 19.9 Å². The van der Waals surface area contributed by atoms with E-state index in [1.165, 1.54) is 37.6 Å². The molecule has 0 aliphatic heterocycles. The lowest BCUT2D eigenvalue weighted by Crippen LogP contribution is -2.28. The minimum atomic E-state index is -1.03. The van der Waals surface area contributed by atoms with Gasteiger partial charge in [0.15, 0.2) is 0 Å². The Bertz CT molecular complexity index is 1430. The van der Waals surface area contributed by atoms with Crippen molar-refractivity contribution in [2.75, 3.05) is 12.1 Å². The average molecular weight is 493 g/mol. The number of amides is 2. The van der Waals surface area contributed by atoms with Crippen molar-refractivity contribution >= 4 is 40.2 Å². The van der Waals surface area contributed by atoms with Crippen LogP contribution in [0.1, 0.15) is 10.4 Å². The lowest BCUT2D eigenvalue weighted by atomic mass is 10.1. The van der Waals surface area contributed by atoms with Gasteiger partial charge in [-0.05, 0) is 36.4 Å². The van der Waals surface area contributed by atoms with Gasteiger partial charge >= 0.3 is 6.09 Å². The van der Waals surface area contributed by atoms with Gasteiger partial charge in [-0.25, -0.2) is 4.79 Å². The third-order valence-electron chi connectivity index (χ3n) is 4.87. The second-order valence-corrected chi connectivity index (χ2v) is 7.44. The van der Waals surface area contributed by atoms with Crippen molar-refractivity contribution in [2.24, 2.45) is 11.0 Å². The number of nitrogens with zero attached hydrogens (tertiary/aromatic N) is 3. The Labute approximate surface area is 203 Å². The highest BCUT2D eigenvalue weighted by molar-refractivity contribution is 6.33. The Morgan fingerprint density at radius 3 is 2.43 bits per heavy atom. The molecule has 0 saturated carbocycles. The van der Waals surface area contributed by atoms with Gasteiger partial charge in [0.1, 0.15) is 23.0 Å². The number of aromatic nitrogens is 1. The van der Waals surface area contributed by atoms with Crippen LogP contribution in [0.4, 0.5) is 10.5 Å². The van der Waals surface area contributed by atoms with Gasteiger partial charge in [-0.1, -0.05) is 29.8 Å². The highest BCUT2D eigenvalue weighted by Gasteiger charge is 2.23. The fraction of sp³-hybridized carbons (Fsp3) is 0.0417. The first-order valence-corrected chi connectivity index (χ1v) is 10.4. The summed E-state index contributed by atoms with van der Waals surface area (Å²) in [6.07, 6.45) is 0.490. The van der Waals surface area contributed by atoms with Crippen molar-refractivity contribution < 1.29 is 23.8 Å². The van der Waals surface area contributed by atoms with Crippen LogP contribution in [0.15, 0.2) is 78.2 Å². The molecular formula is C24H17ClN4O6. The molecule has 2 amide bonds. The van der Waals surface area contributed by atoms with E-state index in [0.29, 0.717) is 21.7 Å². The highest BCUT2D eigenvalue weighted by Crippen LogP contribution is 2.36. The summed E-state index contributed by atoms with van der Waals surface area (Å²) in [6.45, 7) is 0. The number of pyridine rings is 1. The Morgan fingerprint density at radius 1 is 1.00 bits per heavy atom. The first-order valence-electron chi connectivity index (χ1n) is 10.1. The molecule has 0 unspecified atom stereocenters. The minimum Gasteiger partial charge on any atom is -0.496 e. The number of primary amides is 1. The zero-order valence-electron chi connectivity index (χ0n) is 18.2. The standard InChI is InChI=1S/C24H17ClN4O6/c1-33-22-13-19-16(12-17(22)23(26)30)21(9-10-27-19)34-15-7-8-20(18(25)11-15)29(28-32)24(31)35-14-5-3-2-4-6-14/h2-13H,1H3,(H2,26,30). The molecule has 176 valence electrons. The van der Waals surface area contributed by atoms with Crippen LogP contribution in [0.5, 0.6) is 23.0 Å². The van der Waals surface area contributed by atoms with Crippen molar-refractivity contribution in [1.82, 2.24) is 4.98 Å². The average Bonchev–Trinajstić information content (AvgIpc) is 2.85. The monoisotopic (exact) mass is 492 g/mol. The number of halogens is 1. The van der Waals surface area contributed by atoms with Crippen LogP contribution in [0.2, 0.25) is 5.02 Å². The molecule has 0 aliphatic carbocycles. The summed E-state index contributed by atoms with van der Waals surface area (Å²) in [5.41, 5.74) is 6.13. The molecule has 35 heavy (non-hydrogen) atoms. The lowest BCUT2D eigenvalue weighted by molar-refractivity contribution is 0.0997. The van der Waals surface area contributed by atoms with Gasteiger partial charge in [-0.15, -0.1) is 9.92 Å². The number of carbonyl (C=O) groups excluding carboxylic acids is 2. The van der Waals surface area contributed by atoms with E-state index < -0.39 is 12.0 Å². The quantitative estimate of drug-likeness (QED) is 0.267. The summed E-state index contributed by atoms with van der Waals surface area (Å²) >= 11 is 6.32. The van der Waals surface area contributed by atoms with E-state index in [2.05, 4.69) is 10.3 Å². The number of nitrogens with two attached hydrogens (primary N) is 1. The molecule has 0 spiro atoms. The smallest absolute Gasteiger partial charge is 0.443 e. The Hall–Kier alpha value is -4.70. The topological polar surface area (TPSA) is 133 Å². The first kappa shape index (κ1) is 23.5. The second-order valence-electron chi connectivity index (χ2n) is 7.03. The third kappa shape index (κ3) is 4.97. The van der Waals surface area contributed by atoms with Crippen LogP contribution in [0.25, 0.3) is 10.9 Å². The minimum absolute atomic E-state index is 0.00437. The second kappa shape index (κ2) is 10.1. The van der Waals surface area contributed by atoms with Gasteiger partial charge in [-0.3, -0.25) is 9.78 Å². The maximum Gasteiger partial charge on any atom is 0.443 e. The number of methoxy groups -OCH3 is 1. The molecule has 3 aromatic carbocycles. The molecule has 0 atom stereocenters. The number of fused-ring (bicyclic) bond motifs is 1. The molecule has 1 aromatic heterocycles. The maximum atomic E-state index is 12.4. The summed E-state index contributed by atoms with van der Waals surface area (Å²) in [4.78, 5) is 39.9. The van der Waals surface area contributed by atoms with Crippen molar-refractivity contribution in [3.63, 3.8) is 0 Å². The van der Waals surface area contributed by atoms with Crippen molar-refractivity contribution in [1.29, 1.82) is 0 Å². The Kier molecular flexibility index (Phi) is 6.74. The van der Waals surface area contributed by atoms with Crippen LogP contribution >= 0.6 is 11.6 Å². The van der Waals surface area contributed by atoms with E-state index >= 15 is 0 Å². The van der Waals surface area contributed by atoms with Gasteiger partial charge in [0.2, 0.25) is 0 Å². The van der Waals surface area contributed by atoms with E-state index in [9.17, 15) is 14.5 Å². The van der Waals surface area contributed by atoms with Crippen LogP contribution < -0.4 is 25.0 Å². The fourth-order valence-corrected chi connectivity index (χ4v) is 3.51. The number of anilines is 1. The largest absolute Gasteiger partial charge is 0.496 e. The number of hydrogen-bond acceptors (Lipinski definition) is 8. The summed E-state index contributed by atoms with van der Waals surface area (Å²) in [7, 11) is 1.42. The van der Waals surface area contributed by atoms with Crippen molar-refractivity contribution in [3.05, 3.63) is 88.4 Å². The summed E-state index contributed by atoms with van der Waals surface area (Å²) < 4.78 is 16.3. The summed E-state index contributed by atoms with van der Waals surface area (Å²) in [5, 5.41) is 3.73. The molecule has 0 saturated heterocycles. The van der Waals surface area contributed by atoms with E-state index in [1.54, 1.807) is 42.5 Å². The normalized spacial score (nSPS) is 10.5. The fourth-order valence-electron chi connectivity index (χ4n) is 3.26. The maximum absolute atomic E-state index is 12.4. The molecule has 0 bridgehead atoms. The molecule has 0 fully saturated rings. The van der Waals surface area contributed by atoms with Crippen LogP contribution in [0.3, 0.4) is 0 Å². The lowest BCUT2D eigenvalue weighted by Gasteiger charge is -2.16. The van der Waals surface area contributed by atoms with Gasteiger partial charge in [0.25, 0.3) is 5.91 Å². The van der Waals surface area contributed by atoms with E-state index in [1.807, 2.05) is 0 Å². The Morgan fingerprint density at radius 2 is 1.77 bits per heavy atom. The van der Waals surface area contributed by atoms with Crippen LogP contribution in [-0.4, -0.2) is 24.1 Å².